The number of ether oxygens (including phenoxy) is 1. The zero-order valence-electron chi connectivity index (χ0n) is 17.3. The second-order valence-corrected chi connectivity index (χ2v) is 8.19. The lowest BCUT2D eigenvalue weighted by Gasteiger charge is -2.20. The molecule has 32 heavy (non-hydrogen) atoms. The van der Waals surface area contributed by atoms with E-state index in [-0.39, 0.29) is 5.84 Å². The van der Waals surface area contributed by atoms with E-state index in [0.29, 0.717) is 40.1 Å². The minimum atomic E-state index is -4.30. The SMILES string of the molecule is CCOc1cc([C@H](Nc2ccc(/C(N)=N/O)cc2)C(=O)NS(N)(=O)=O)cc2c(C)coc12. The minimum absolute atomic E-state index is 0.0812. The van der Waals surface area contributed by atoms with Crippen LogP contribution >= 0.6 is 0 Å². The van der Waals surface area contributed by atoms with Crippen LogP contribution in [0.4, 0.5) is 5.69 Å². The maximum atomic E-state index is 12.8. The fourth-order valence-corrected chi connectivity index (χ4v) is 3.54. The van der Waals surface area contributed by atoms with Crippen LogP contribution in [0.1, 0.15) is 29.7 Å². The van der Waals surface area contributed by atoms with Gasteiger partial charge in [0.05, 0.1) is 12.9 Å². The number of rotatable bonds is 8. The number of nitrogens with one attached hydrogen (secondary N) is 2. The van der Waals surface area contributed by atoms with Crippen LogP contribution in [0.3, 0.4) is 0 Å². The van der Waals surface area contributed by atoms with Crippen molar-refractivity contribution in [2.45, 2.75) is 19.9 Å². The molecule has 0 radical (unpaired) electrons. The topological polar surface area (TPSA) is 182 Å². The zero-order valence-corrected chi connectivity index (χ0v) is 18.1. The zero-order chi connectivity index (χ0) is 23.5. The van der Waals surface area contributed by atoms with Gasteiger partial charge in [-0.2, -0.15) is 8.42 Å². The van der Waals surface area contributed by atoms with E-state index in [1.807, 2.05) is 6.92 Å². The summed E-state index contributed by atoms with van der Waals surface area (Å²) >= 11 is 0. The second kappa shape index (κ2) is 9.16. The molecular formula is C20H23N5O6S. The van der Waals surface area contributed by atoms with E-state index in [2.05, 4.69) is 10.5 Å². The van der Waals surface area contributed by atoms with E-state index in [0.717, 1.165) is 5.56 Å². The number of nitrogens with two attached hydrogens (primary N) is 2. The Balaban J connectivity index is 2.07. The highest BCUT2D eigenvalue weighted by Crippen LogP contribution is 2.34. The first-order valence-corrected chi connectivity index (χ1v) is 11.0. The number of hydrogen-bond acceptors (Lipinski definition) is 8. The molecule has 2 aromatic carbocycles. The van der Waals surface area contributed by atoms with Gasteiger partial charge < -0.3 is 25.4 Å². The third-order valence-electron chi connectivity index (χ3n) is 4.59. The molecule has 1 heterocycles. The van der Waals surface area contributed by atoms with Crippen molar-refractivity contribution in [2.24, 2.45) is 16.0 Å². The van der Waals surface area contributed by atoms with Gasteiger partial charge in [-0.05, 0) is 61.4 Å². The molecule has 1 aromatic heterocycles. The van der Waals surface area contributed by atoms with Crippen molar-refractivity contribution in [3.8, 4) is 5.75 Å². The average molecular weight is 462 g/mol. The largest absolute Gasteiger partial charge is 0.490 e. The average Bonchev–Trinajstić information content (AvgIpc) is 3.12. The molecule has 12 heteroatoms. The fraction of sp³-hybridized carbons (Fsp3) is 0.200. The van der Waals surface area contributed by atoms with Crippen molar-refractivity contribution in [1.82, 2.24) is 4.72 Å². The Labute approximate surface area is 184 Å². The van der Waals surface area contributed by atoms with Crippen LogP contribution in [-0.2, 0) is 15.0 Å². The van der Waals surface area contributed by atoms with Crippen molar-refractivity contribution in [3.05, 3.63) is 59.4 Å². The van der Waals surface area contributed by atoms with E-state index in [4.69, 9.17) is 25.2 Å². The lowest BCUT2D eigenvalue weighted by molar-refractivity contribution is -0.120. The quantitative estimate of drug-likeness (QED) is 0.145. The lowest BCUT2D eigenvalue weighted by Crippen LogP contribution is -2.41. The van der Waals surface area contributed by atoms with E-state index in [1.54, 1.807) is 54.3 Å². The molecule has 170 valence electrons. The van der Waals surface area contributed by atoms with E-state index < -0.39 is 22.2 Å². The van der Waals surface area contributed by atoms with Gasteiger partial charge in [-0.15, -0.1) is 0 Å². The number of carbonyl (C=O) groups excluding carboxylic acids is 1. The maximum absolute atomic E-state index is 12.8. The highest BCUT2D eigenvalue weighted by atomic mass is 32.2. The Morgan fingerprint density at radius 1 is 1.28 bits per heavy atom. The molecule has 0 saturated carbocycles. The van der Waals surface area contributed by atoms with Crippen LogP contribution < -0.4 is 25.6 Å². The van der Waals surface area contributed by atoms with E-state index >= 15 is 0 Å². The molecule has 11 nitrogen and oxygen atoms in total. The molecule has 7 N–H and O–H groups in total. The number of carbonyl (C=O) groups is 1. The Bertz CT molecular complexity index is 1270. The van der Waals surface area contributed by atoms with Crippen molar-refractivity contribution < 1.29 is 27.6 Å². The van der Waals surface area contributed by atoms with Crippen molar-refractivity contribution in [2.75, 3.05) is 11.9 Å². The predicted molar refractivity (Wildman–Crippen MR) is 119 cm³/mol. The summed E-state index contributed by atoms with van der Waals surface area (Å²) in [6, 6.07) is 8.48. The van der Waals surface area contributed by atoms with Gasteiger partial charge in [-0.1, -0.05) is 5.16 Å². The monoisotopic (exact) mass is 461 g/mol. The highest BCUT2D eigenvalue weighted by molar-refractivity contribution is 7.87. The first-order valence-electron chi connectivity index (χ1n) is 9.46. The summed E-state index contributed by atoms with van der Waals surface area (Å²) in [5.41, 5.74) is 8.25. The third-order valence-corrected chi connectivity index (χ3v) is 5.08. The molecule has 0 saturated heterocycles. The molecule has 0 aliphatic carbocycles. The van der Waals surface area contributed by atoms with Gasteiger partial charge in [0.2, 0.25) is 0 Å². The van der Waals surface area contributed by atoms with E-state index in [9.17, 15) is 13.2 Å². The van der Waals surface area contributed by atoms with Crippen LogP contribution in [0.15, 0.2) is 52.2 Å². The molecule has 1 atom stereocenters. The Morgan fingerprint density at radius 3 is 2.56 bits per heavy atom. The number of benzene rings is 2. The first-order chi connectivity index (χ1) is 15.1. The summed E-state index contributed by atoms with van der Waals surface area (Å²) in [5.74, 6) is -0.566. The van der Waals surface area contributed by atoms with Crippen LogP contribution in [0, 0.1) is 6.92 Å². The molecule has 0 bridgehead atoms. The fourth-order valence-electron chi connectivity index (χ4n) is 3.14. The number of anilines is 1. The maximum Gasteiger partial charge on any atom is 0.298 e. The summed E-state index contributed by atoms with van der Waals surface area (Å²) in [5, 5.41) is 20.4. The summed E-state index contributed by atoms with van der Waals surface area (Å²) in [7, 11) is -4.30. The number of hydrogen-bond donors (Lipinski definition) is 5. The number of furan rings is 1. The Morgan fingerprint density at radius 2 is 1.97 bits per heavy atom. The van der Waals surface area contributed by atoms with Gasteiger partial charge in [0.15, 0.2) is 17.2 Å². The number of amides is 1. The van der Waals surface area contributed by atoms with Gasteiger partial charge in [0.1, 0.15) is 6.04 Å². The van der Waals surface area contributed by atoms with Gasteiger partial charge in [-0.3, -0.25) is 4.79 Å². The summed E-state index contributed by atoms with van der Waals surface area (Å²) in [6.45, 7) is 4.00. The van der Waals surface area contributed by atoms with Gasteiger partial charge in [0.25, 0.3) is 16.1 Å². The molecule has 1 amide bonds. The molecule has 3 aromatic rings. The summed E-state index contributed by atoms with van der Waals surface area (Å²) < 4.78 is 36.0. The lowest BCUT2D eigenvalue weighted by atomic mass is 10.0. The third kappa shape index (κ3) is 5.10. The van der Waals surface area contributed by atoms with Crippen LogP contribution in [-0.4, -0.2) is 32.0 Å². The summed E-state index contributed by atoms with van der Waals surface area (Å²) in [4.78, 5) is 12.8. The smallest absolute Gasteiger partial charge is 0.298 e. The van der Waals surface area contributed by atoms with Gasteiger partial charge in [0, 0.05) is 16.6 Å². The Hall–Kier alpha value is -3.77. The molecule has 0 aliphatic heterocycles. The minimum Gasteiger partial charge on any atom is -0.490 e. The van der Waals surface area contributed by atoms with Crippen LogP contribution in [0.2, 0.25) is 0 Å². The second-order valence-electron chi connectivity index (χ2n) is 6.90. The standard InChI is InChI=1S/C20H23N5O6S/c1-3-30-16-9-13(8-15-11(2)10-31-18(15)16)17(20(26)25-32(22,28)29)23-14-6-4-12(5-7-14)19(21)24-27/h4-10,17,23,27H,3H2,1-2H3,(H2,21,24)(H,25,26)(H2,22,28,29)/t17-/m0/s1. The number of aryl methyl sites for hydroxylation is 1. The molecule has 3 rings (SSSR count). The van der Waals surface area contributed by atoms with Crippen molar-refractivity contribution in [1.29, 1.82) is 0 Å². The molecule has 0 unspecified atom stereocenters. The van der Waals surface area contributed by atoms with Crippen LogP contribution in [0.25, 0.3) is 11.0 Å². The molecule has 0 spiro atoms. The number of nitrogens with zero attached hydrogens (tertiary/aromatic N) is 1. The van der Waals surface area contributed by atoms with Crippen LogP contribution in [0.5, 0.6) is 5.75 Å². The first kappa shape index (κ1) is 22.9. The number of amidine groups is 1. The number of oxime groups is 1. The van der Waals surface area contributed by atoms with Crippen molar-refractivity contribution >= 4 is 38.6 Å². The summed E-state index contributed by atoms with van der Waals surface area (Å²) in [6.07, 6.45) is 1.57. The Kier molecular flexibility index (Phi) is 6.55. The predicted octanol–water partition coefficient (Wildman–Crippen LogP) is 1.71. The molecular weight excluding hydrogens is 438 g/mol. The van der Waals surface area contributed by atoms with Gasteiger partial charge in [-0.25, -0.2) is 9.86 Å². The normalized spacial score (nSPS) is 13.0. The highest BCUT2D eigenvalue weighted by Gasteiger charge is 2.26. The number of fused-ring (bicyclic) bond motifs is 1. The van der Waals surface area contributed by atoms with Gasteiger partial charge >= 0.3 is 0 Å². The molecule has 0 fully saturated rings. The van der Waals surface area contributed by atoms with E-state index in [1.165, 1.54) is 0 Å². The van der Waals surface area contributed by atoms with Crippen molar-refractivity contribution in [3.63, 3.8) is 0 Å². The molecule has 0 aliphatic rings.